The lowest BCUT2D eigenvalue weighted by molar-refractivity contribution is 1.44. The Hall–Kier alpha value is -5.26. The lowest BCUT2D eigenvalue weighted by Crippen LogP contribution is -1.98. The summed E-state index contributed by atoms with van der Waals surface area (Å²) in [6.45, 7) is 0. The highest BCUT2D eigenvalue weighted by Gasteiger charge is 2.23. The smallest absolute Gasteiger partial charge is 0.100 e. The number of rotatable bonds is 3. The highest BCUT2D eigenvalue weighted by molar-refractivity contribution is 7.26. The van der Waals surface area contributed by atoms with E-state index in [2.05, 4.69) is 97.1 Å². The Labute approximate surface area is 250 Å². The van der Waals surface area contributed by atoms with Crippen LogP contribution in [0.15, 0.2) is 121 Å². The van der Waals surface area contributed by atoms with Crippen molar-refractivity contribution in [3.8, 4) is 45.5 Å². The van der Waals surface area contributed by atoms with Crippen molar-refractivity contribution in [1.29, 1.82) is 10.5 Å². The van der Waals surface area contributed by atoms with Gasteiger partial charge in [0, 0.05) is 62.6 Å². The average molecular weight is 569 g/mol. The van der Waals surface area contributed by atoms with Crippen molar-refractivity contribution < 1.29 is 0 Å². The van der Waals surface area contributed by atoms with E-state index in [1.807, 2.05) is 36.4 Å². The normalized spacial score (nSPS) is 11.3. The van der Waals surface area contributed by atoms with E-state index in [0.29, 0.717) is 16.7 Å². The maximum Gasteiger partial charge on any atom is 0.100 e. The highest BCUT2D eigenvalue weighted by atomic mass is 32.1. The second-order valence-corrected chi connectivity index (χ2v) is 12.4. The first-order valence-electron chi connectivity index (χ1n) is 13.6. The monoisotopic (exact) mass is 568 g/mol. The minimum atomic E-state index is 0.518. The maximum absolute atomic E-state index is 10.8. The summed E-state index contributed by atoms with van der Waals surface area (Å²) in [5.74, 6) is 0. The van der Waals surface area contributed by atoms with Gasteiger partial charge >= 0.3 is 0 Å². The van der Waals surface area contributed by atoms with E-state index in [1.54, 1.807) is 22.7 Å². The van der Waals surface area contributed by atoms with Crippen molar-refractivity contribution in [1.82, 2.24) is 0 Å². The van der Waals surface area contributed by atoms with Crippen LogP contribution in [0.3, 0.4) is 0 Å². The summed E-state index contributed by atoms with van der Waals surface area (Å²) in [5, 5.41) is 26.2. The van der Waals surface area contributed by atoms with E-state index in [0.717, 1.165) is 37.9 Å². The van der Waals surface area contributed by atoms with Gasteiger partial charge in [-0.25, -0.2) is 0 Å². The lowest BCUT2D eigenvalue weighted by Gasteiger charge is -2.17. The van der Waals surface area contributed by atoms with E-state index in [-0.39, 0.29) is 0 Å². The van der Waals surface area contributed by atoms with Gasteiger partial charge < -0.3 is 0 Å². The predicted octanol–water partition coefficient (Wildman–Crippen LogP) is 11.2. The van der Waals surface area contributed by atoms with Crippen molar-refractivity contribution in [2.45, 2.75) is 0 Å². The van der Waals surface area contributed by atoms with Gasteiger partial charge in [-0.3, -0.25) is 0 Å². The minimum absolute atomic E-state index is 0.518. The van der Waals surface area contributed by atoms with Crippen LogP contribution in [0.25, 0.3) is 73.7 Å². The van der Waals surface area contributed by atoms with Gasteiger partial charge in [-0.2, -0.15) is 10.5 Å². The van der Waals surface area contributed by atoms with Gasteiger partial charge in [-0.1, -0.05) is 91.0 Å². The van der Waals surface area contributed by atoms with Gasteiger partial charge in [0.2, 0.25) is 0 Å². The summed E-state index contributed by atoms with van der Waals surface area (Å²) in [5.41, 5.74) is 6.24. The van der Waals surface area contributed by atoms with Crippen molar-refractivity contribution in [3.05, 3.63) is 132 Å². The molecule has 8 aromatic rings. The maximum atomic E-state index is 10.8. The molecule has 0 spiro atoms. The summed E-state index contributed by atoms with van der Waals surface area (Å²) in [6.07, 6.45) is 0. The summed E-state index contributed by atoms with van der Waals surface area (Å²) in [6, 6.07) is 46.6. The molecule has 6 aromatic carbocycles. The molecule has 0 amide bonds. The Morgan fingerprint density at radius 2 is 1.05 bits per heavy atom. The molecule has 0 radical (unpaired) electrons. The Morgan fingerprint density at radius 3 is 1.81 bits per heavy atom. The van der Waals surface area contributed by atoms with E-state index >= 15 is 0 Å². The highest BCUT2D eigenvalue weighted by Crippen LogP contribution is 2.46. The first kappa shape index (κ1) is 24.5. The van der Waals surface area contributed by atoms with Crippen LogP contribution in [0.4, 0.5) is 0 Å². The number of fused-ring (bicyclic) bond motifs is 6. The van der Waals surface area contributed by atoms with Gasteiger partial charge in [-0.05, 0) is 41.5 Å². The third-order valence-corrected chi connectivity index (χ3v) is 10.4. The molecular formula is C38H20N2S2. The predicted molar refractivity (Wildman–Crippen MR) is 178 cm³/mol. The number of benzene rings is 6. The number of hydrogen-bond acceptors (Lipinski definition) is 4. The number of hydrogen-bond donors (Lipinski definition) is 0. The average Bonchev–Trinajstić information content (AvgIpc) is 3.62. The van der Waals surface area contributed by atoms with Gasteiger partial charge in [0.1, 0.15) is 12.1 Å². The van der Waals surface area contributed by atoms with E-state index in [1.165, 1.54) is 30.3 Å². The SMILES string of the molecule is N#Cc1c(-c2ccccc2)cc(-c2cccc3c2sc2ccccc23)c(C#N)c1-c1ccc2sc3ccccc3c2c1. The Balaban J connectivity index is 1.50. The third kappa shape index (κ3) is 3.67. The first-order valence-corrected chi connectivity index (χ1v) is 15.3. The molecule has 0 N–H and O–H groups in total. The number of nitrogens with zero attached hydrogens (tertiary/aromatic N) is 2. The molecule has 0 unspecified atom stereocenters. The molecule has 2 nitrogen and oxygen atoms in total. The van der Waals surface area contributed by atoms with Crippen LogP contribution in [0.1, 0.15) is 11.1 Å². The molecule has 0 aliphatic carbocycles. The second-order valence-electron chi connectivity index (χ2n) is 10.3. The quantitative estimate of drug-likeness (QED) is 0.213. The minimum Gasteiger partial charge on any atom is -0.192 e. The molecule has 42 heavy (non-hydrogen) atoms. The van der Waals surface area contributed by atoms with Crippen LogP contribution in [0.2, 0.25) is 0 Å². The van der Waals surface area contributed by atoms with Gasteiger partial charge in [0.15, 0.2) is 0 Å². The molecule has 0 aliphatic heterocycles. The molecular weight excluding hydrogens is 549 g/mol. The van der Waals surface area contributed by atoms with Crippen LogP contribution in [0.5, 0.6) is 0 Å². The summed E-state index contributed by atoms with van der Waals surface area (Å²) in [7, 11) is 0. The number of nitriles is 2. The molecule has 0 saturated carbocycles. The molecule has 0 bridgehead atoms. The molecule has 0 atom stereocenters. The van der Waals surface area contributed by atoms with Crippen LogP contribution in [0, 0.1) is 22.7 Å². The lowest BCUT2D eigenvalue weighted by atomic mass is 9.83. The van der Waals surface area contributed by atoms with Crippen LogP contribution in [-0.4, -0.2) is 0 Å². The van der Waals surface area contributed by atoms with Crippen LogP contribution in [-0.2, 0) is 0 Å². The fourth-order valence-corrected chi connectivity index (χ4v) is 8.42. The van der Waals surface area contributed by atoms with E-state index in [4.69, 9.17) is 0 Å². The standard InChI is InChI=1S/C38H20N2S2/c39-21-32-29(23-9-2-1-3-10-23)20-30(28-14-8-13-27-25-11-4-7-16-35(25)42-38(27)28)33(22-40)37(32)24-17-18-36-31(19-24)26-12-5-6-15-34(26)41-36/h1-20H. The van der Waals surface area contributed by atoms with Crippen LogP contribution < -0.4 is 0 Å². The van der Waals surface area contributed by atoms with Gasteiger partial charge in [-0.15, -0.1) is 22.7 Å². The molecule has 8 rings (SSSR count). The fraction of sp³-hybridized carbons (Fsp3) is 0. The molecule has 0 aliphatic rings. The molecule has 0 saturated heterocycles. The summed E-state index contributed by atoms with van der Waals surface area (Å²) < 4.78 is 4.77. The summed E-state index contributed by atoms with van der Waals surface area (Å²) >= 11 is 3.51. The molecule has 194 valence electrons. The Bertz CT molecular complexity index is 2430. The number of thiophene rings is 2. The van der Waals surface area contributed by atoms with Crippen molar-refractivity contribution in [3.63, 3.8) is 0 Å². The first-order chi connectivity index (χ1) is 20.7. The molecule has 4 heteroatoms. The zero-order valence-corrected chi connectivity index (χ0v) is 23.9. The topological polar surface area (TPSA) is 47.6 Å². The zero-order chi connectivity index (χ0) is 28.2. The van der Waals surface area contributed by atoms with Crippen molar-refractivity contribution in [2.75, 3.05) is 0 Å². The molecule has 0 fully saturated rings. The second kappa shape index (κ2) is 9.68. The Morgan fingerprint density at radius 1 is 0.429 bits per heavy atom. The van der Waals surface area contributed by atoms with Crippen molar-refractivity contribution >= 4 is 63.0 Å². The van der Waals surface area contributed by atoms with Gasteiger partial charge in [0.25, 0.3) is 0 Å². The fourth-order valence-electron chi connectivity index (χ4n) is 6.10. The van der Waals surface area contributed by atoms with Gasteiger partial charge in [0.05, 0.1) is 11.1 Å². The molecule has 2 aromatic heterocycles. The third-order valence-electron chi connectivity index (χ3n) is 8.00. The Kier molecular flexibility index (Phi) is 5.66. The van der Waals surface area contributed by atoms with Crippen molar-refractivity contribution in [2.24, 2.45) is 0 Å². The van der Waals surface area contributed by atoms with E-state index < -0.39 is 0 Å². The van der Waals surface area contributed by atoms with Crippen LogP contribution >= 0.6 is 22.7 Å². The zero-order valence-electron chi connectivity index (χ0n) is 22.3. The molecule has 2 heterocycles. The largest absolute Gasteiger partial charge is 0.192 e. The van der Waals surface area contributed by atoms with E-state index in [9.17, 15) is 10.5 Å². The summed E-state index contributed by atoms with van der Waals surface area (Å²) in [4.78, 5) is 0.